The van der Waals surface area contributed by atoms with Crippen molar-refractivity contribution in [3.63, 3.8) is 0 Å². The number of hydrogen-bond acceptors (Lipinski definition) is 3. The van der Waals surface area contributed by atoms with Gasteiger partial charge in [-0.3, -0.25) is 10.1 Å². The lowest BCUT2D eigenvalue weighted by molar-refractivity contribution is -0.365. The van der Waals surface area contributed by atoms with Crippen LogP contribution in [0.15, 0.2) is 64.3 Å². The quantitative estimate of drug-likeness (QED) is 0.270. The molecule has 11 heteroatoms. The largest absolute Gasteiger partial charge is 0.419 e. The van der Waals surface area contributed by atoms with Crippen molar-refractivity contribution < 1.29 is 18.2 Å². The lowest BCUT2D eigenvalue weighted by atomic mass is 10.1. The van der Waals surface area contributed by atoms with Crippen LogP contribution in [-0.2, 0) is 11.9 Å². The first-order chi connectivity index (χ1) is 14.2. The third kappa shape index (κ3) is 6.01. The molecule has 0 radical (unpaired) electrons. The molecule has 30 heavy (non-hydrogen) atoms. The minimum absolute atomic E-state index is 0.00342. The second-order valence-corrected chi connectivity index (χ2v) is 7.52. The molecule has 156 valence electrons. The number of halogens is 4. The smallest absolute Gasteiger partial charge is 0.322 e. The third-order valence-electron chi connectivity index (χ3n) is 3.75. The maximum absolute atomic E-state index is 13.1. The van der Waals surface area contributed by atoms with Gasteiger partial charge in [-0.05, 0) is 36.4 Å². The van der Waals surface area contributed by atoms with Gasteiger partial charge >= 0.3 is 12.1 Å². The fraction of sp³-hybridized carbons (Fsp3) is 0.105. The second kappa shape index (κ2) is 9.23. The highest BCUT2D eigenvalue weighted by atomic mass is 35.5. The number of para-hydroxylation sites is 1. The number of rotatable bonds is 5. The highest BCUT2D eigenvalue weighted by Gasteiger charge is 2.34. The second-order valence-electron chi connectivity index (χ2n) is 6.03. The molecule has 1 heterocycles. The first kappa shape index (κ1) is 21.7. The molecule has 5 N–H and O–H groups in total. The van der Waals surface area contributed by atoms with Gasteiger partial charge in [-0.1, -0.05) is 23.7 Å². The molecule has 3 aromatic rings. The van der Waals surface area contributed by atoms with Crippen molar-refractivity contribution in [3.8, 4) is 0 Å². The van der Waals surface area contributed by atoms with E-state index in [1.54, 1.807) is 12.1 Å². The van der Waals surface area contributed by atoms with Crippen LogP contribution >= 0.6 is 23.4 Å². The number of nitrogens with two attached hydrogens (primary N) is 1. The maximum Gasteiger partial charge on any atom is 0.419 e. The van der Waals surface area contributed by atoms with Crippen LogP contribution < -0.4 is 21.6 Å². The van der Waals surface area contributed by atoms with Crippen LogP contribution in [0.1, 0.15) is 11.3 Å². The van der Waals surface area contributed by atoms with Gasteiger partial charge in [0.25, 0.3) is 11.5 Å². The summed E-state index contributed by atoms with van der Waals surface area (Å²) in [7, 11) is 0. The fourth-order valence-electron chi connectivity index (χ4n) is 2.47. The maximum atomic E-state index is 13.1. The Labute approximate surface area is 178 Å². The molecule has 0 saturated carbocycles. The number of alkyl halides is 3. The van der Waals surface area contributed by atoms with Crippen LogP contribution in [0, 0.1) is 0 Å². The number of nitrogens with zero attached hydrogens (tertiary/aromatic N) is 1. The van der Waals surface area contributed by atoms with Gasteiger partial charge in [0, 0.05) is 16.0 Å². The monoisotopic (exact) mass is 454 g/mol. The summed E-state index contributed by atoms with van der Waals surface area (Å²) in [4.78, 5) is 22.1. The molecule has 0 spiro atoms. The van der Waals surface area contributed by atoms with E-state index in [4.69, 9.17) is 17.3 Å². The van der Waals surface area contributed by atoms with Crippen LogP contribution in [-0.4, -0.2) is 15.9 Å². The molecule has 0 aliphatic carbocycles. The highest BCUT2D eigenvalue weighted by molar-refractivity contribution is 7.98. The summed E-state index contributed by atoms with van der Waals surface area (Å²) in [6.45, 7) is 0. The first-order valence-corrected chi connectivity index (χ1v) is 9.88. The van der Waals surface area contributed by atoms with E-state index >= 15 is 0 Å². The Morgan fingerprint density at radius 2 is 1.90 bits per heavy atom. The van der Waals surface area contributed by atoms with Gasteiger partial charge in [0.1, 0.15) is 5.69 Å². The molecule has 0 saturated heterocycles. The normalized spacial score (nSPS) is 12.1. The van der Waals surface area contributed by atoms with Crippen LogP contribution in [0.25, 0.3) is 0 Å². The van der Waals surface area contributed by atoms with E-state index in [1.165, 1.54) is 36.0 Å². The zero-order valence-electron chi connectivity index (χ0n) is 15.3. The van der Waals surface area contributed by atoms with E-state index in [0.29, 0.717) is 16.5 Å². The molecule has 3 rings (SSSR count). The van der Waals surface area contributed by atoms with Crippen molar-refractivity contribution in [1.82, 2.24) is 9.97 Å². The Balaban J connectivity index is 1.77. The van der Waals surface area contributed by atoms with E-state index in [9.17, 15) is 18.0 Å². The van der Waals surface area contributed by atoms with Gasteiger partial charge in [0.05, 0.1) is 17.0 Å². The van der Waals surface area contributed by atoms with Crippen molar-refractivity contribution in [3.05, 3.63) is 81.2 Å². The molecule has 6 nitrogen and oxygen atoms in total. The molecule has 0 bridgehead atoms. The molecule has 1 aromatic heterocycles. The van der Waals surface area contributed by atoms with E-state index in [2.05, 4.69) is 20.3 Å². The Bertz CT molecular complexity index is 1120. The molecule has 0 aliphatic rings. The Kier molecular flexibility index (Phi) is 6.68. The lowest BCUT2D eigenvalue weighted by Crippen LogP contribution is -2.73. The van der Waals surface area contributed by atoms with Gasteiger partial charge < -0.3 is 5.73 Å². The van der Waals surface area contributed by atoms with E-state index in [-0.39, 0.29) is 17.6 Å². The van der Waals surface area contributed by atoms with Gasteiger partial charge in [-0.25, -0.2) is 9.98 Å². The topological polar surface area (TPSA) is 97.8 Å². The zero-order chi connectivity index (χ0) is 21.7. The van der Waals surface area contributed by atoms with E-state index in [1.807, 2.05) is 12.1 Å². The van der Waals surface area contributed by atoms with Gasteiger partial charge in [0.2, 0.25) is 0 Å². The van der Waals surface area contributed by atoms with Crippen LogP contribution in [0.3, 0.4) is 0 Å². The average Bonchev–Trinajstić information content (AvgIpc) is 2.66. The van der Waals surface area contributed by atoms with Crippen molar-refractivity contribution >= 4 is 41.0 Å². The average molecular weight is 455 g/mol. The standard InChI is InChI=1S/C19H15ClF3N5OS/c20-11-5-7-13(8-6-11)30-10-12-9-16(29)27-18(25-12)28-17(24)26-15-4-2-1-3-14(15)19(21,22)23/h1-9H,10H2,(H4,24,25,26,27,28,29)/p+1. The highest BCUT2D eigenvalue weighted by Crippen LogP contribution is 2.34. The summed E-state index contributed by atoms with van der Waals surface area (Å²) in [5.74, 6) is 0.172. The van der Waals surface area contributed by atoms with E-state index < -0.39 is 17.3 Å². The Hall–Kier alpha value is -2.98. The predicted molar refractivity (Wildman–Crippen MR) is 111 cm³/mol. The van der Waals surface area contributed by atoms with Crippen molar-refractivity contribution in [2.24, 2.45) is 5.73 Å². The number of guanidine groups is 1. The predicted octanol–water partition coefficient (Wildman–Crippen LogP) is 2.87. The number of nitrogens with one attached hydrogen (secondary N) is 3. The molecule has 0 atom stereocenters. The van der Waals surface area contributed by atoms with Crippen molar-refractivity contribution in [2.75, 3.05) is 5.32 Å². The lowest BCUT2D eigenvalue weighted by Gasteiger charge is -2.11. The number of aromatic nitrogens is 2. The SMILES string of the molecule is NC(Nc1ccccc1C(F)(F)F)=[NH+]c1nc(CSc2ccc(Cl)cc2)cc(=O)[nH]1. The summed E-state index contributed by atoms with van der Waals surface area (Å²) < 4.78 is 39.3. The molecular formula is C19H16ClF3N5OS+. The van der Waals surface area contributed by atoms with Crippen LogP contribution in [0.4, 0.5) is 24.8 Å². The molecule has 0 amide bonds. The van der Waals surface area contributed by atoms with Gasteiger partial charge in [-0.15, -0.1) is 16.7 Å². The number of thioether (sulfide) groups is 1. The third-order valence-corrected chi connectivity index (χ3v) is 5.05. The fourth-order valence-corrected chi connectivity index (χ4v) is 3.39. The van der Waals surface area contributed by atoms with Crippen molar-refractivity contribution in [2.45, 2.75) is 16.8 Å². The number of benzene rings is 2. The van der Waals surface area contributed by atoms with Gasteiger partial charge in [-0.2, -0.15) is 13.2 Å². The molecule has 0 unspecified atom stereocenters. The minimum atomic E-state index is -4.55. The molecule has 0 aliphatic heterocycles. The van der Waals surface area contributed by atoms with E-state index in [0.717, 1.165) is 11.0 Å². The summed E-state index contributed by atoms with van der Waals surface area (Å²) >= 11 is 7.30. The summed E-state index contributed by atoms with van der Waals surface area (Å²) in [5, 5.41) is 3.07. The summed E-state index contributed by atoms with van der Waals surface area (Å²) in [6.07, 6.45) is -4.55. The Morgan fingerprint density at radius 3 is 2.60 bits per heavy atom. The number of aromatic amines is 1. The minimum Gasteiger partial charge on any atom is -0.322 e. The number of hydrogen-bond donors (Lipinski definition) is 4. The van der Waals surface area contributed by atoms with Crippen LogP contribution in [0.5, 0.6) is 0 Å². The Morgan fingerprint density at radius 1 is 1.20 bits per heavy atom. The first-order valence-electron chi connectivity index (χ1n) is 8.52. The van der Waals surface area contributed by atoms with Crippen LogP contribution in [0.2, 0.25) is 5.02 Å². The molecular weight excluding hydrogens is 439 g/mol. The molecule has 2 aromatic carbocycles. The summed E-state index contributed by atoms with van der Waals surface area (Å²) in [5.41, 5.74) is 4.71. The number of H-pyrrole nitrogens is 1. The zero-order valence-corrected chi connectivity index (χ0v) is 16.8. The summed E-state index contributed by atoms with van der Waals surface area (Å²) in [6, 6.07) is 13.4. The number of anilines is 1. The van der Waals surface area contributed by atoms with Crippen molar-refractivity contribution in [1.29, 1.82) is 0 Å². The van der Waals surface area contributed by atoms with Gasteiger partial charge in [0.15, 0.2) is 0 Å². The molecule has 0 fully saturated rings.